The molecule has 2 aliphatic rings. The van der Waals surface area contributed by atoms with Gasteiger partial charge in [-0.15, -0.1) is 0 Å². The summed E-state index contributed by atoms with van der Waals surface area (Å²) in [6, 6.07) is 4.04. The third kappa shape index (κ3) is 3.55. The number of rotatable bonds is 3. The van der Waals surface area contributed by atoms with E-state index in [9.17, 15) is 23.6 Å². The number of piperazine rings is 1. The van der Waals surface area contributed by atoms with Crippen LogP contribution in [0.1, 0.15) is 23.2 Å². The Labute approximate surface area is 154 Å². The maximum atomic E-state index is 13.9. The summed E-state index contributed by atoms with van der Waals surface area (Å²) in [5, 5.41) is 0.0413. The van der Waals surface area contributed by atoms with Gasteiger partial charge in [-0.1, -0.05) is 17.7 Å². The Balaban J connectivity index is 1.59. The molecule has 0 unspecified atom stereocenters. The van der Waals surface area contributed by atoms with E-state index >= 15 is 0 Å². The summed E-state index contributed by atoms with van der Waals surface area (Å²) >= 11 is 5.92. The van der Waals surface area contributed by atoms with Crippen molar-refractivity contribution in [1.82, 2.24) is 14.7 Å². The number of halogens is 2. The lowest BCUT2D eigenvalue weighted by Crippen LogP contribution is -2.53. The maximum Gasteiger partial charge on any atom is 0.258 e. The van der Waals surface area contributed by atoms with Crippen molar-refractivity contribution in [3.8, 4) is 0 Å². The van der Waals surface area contributed by atoms with Gasteiger partial charge in [0, 0.05) is 39.0 Å². The molecule has 138 valence electrons. The van der Waals surface area contributed by atoms with E-state index in [-0.39, 0.29) is 73.9 Å². The first-order chi connectivity index (χ1) is 12.4. The Morgan fingerprint density at radius 1 is 1.00 bits per heavy atom. The monoisotopic (exact) mass is 381 g/mol. The smallest absolute Gasteiger partial charge is 0.258 e. The van der Waals surface area contributed by atoms with Crippen LogP contribution in [0.15, 0.2) is 18.2 Å². The zero-order valence-corrected chi connectivity index (χ0v) is 14.7. The highest BCUT2D eigenvalue weighted by atomic mass is 35.5. The molecule has 2 heterocycles. The van der Waals surface area contributed by atoms with Crippen molar-refractivity contribution < 1.29 is 23.6 Å². The fourth-order valence-electron chi connectivity index (χ4n) is 3.05. The summed E-state index contributed by atoms with van der Waals surface area (Å²) in [6.45, 7) is 0.652. The summed E-state index contributed by atoms with van der Waals surface area (Å²) in [5.74, 6) is -2.24. The van der Waals surface area contributed by atoms with Crippen LogP contribution in [0.4, 0.5) is 4.39 Å². The second-order valence-corrected chi connectivity index (χ2v) is 6.55. The number of carbonyl (C=O) groups is 4. The third-order valence-electron chi connectivity index (χ3n) is 4.54. The normalized spacial score (nSPS) is 17.8. The molecule has 3 rings (SSSR count). The quantitative estimate of drug-likeness (QED) is 0.729. The molecule has 0 saturated carbocycles. The van der Waals surface area contributed by atoms with Crippen LogP contribution in [0, 0.1) is 5.82 Å². The summed E-state index contributed by atoms with van der Waals surface area (Å²) in [7, 11) is 0. The Morgan fingerprint density at radius 3 is 2.15 bits per heavy atom. The standard InChI is InChI=1S/C17H17ClFN3O4/c18-11-2-1-3-12(19)16(11)17(26)21-8-6-20(7-9-21)15(25)10-22-13(23)4-5-14(22)24/h1-3H,4-10H2. The van der Waals surface area contributed by atoms with Crippen LogP contribution < -0.4 is 0 Å². The average molecular weight is 382 g/mol. The van der Waals surface area contributed by atoms with Gasteiger partial charge in [-0.05, 0) is 12.1 Å². The number of hydrogen-bond donors (Lipinski definition) is 0. The lowest BCUT2D eigenvalue weighted by atomic mass is 10.1. The van der Waals surface area contributed by atoms with Crippen LogP contribution in [-0.4, -0.2) is 71.1 Å². The van der Waals surface area contributed by atoms with E-state index in [0.29, 0.717) is 0 Å². The Kier molecular flexibility index (Phi) is 5.22. The lowest BCUT2D eigenvalue weighted by Gasteiger charge is -2.35. The molecular weight excluding hydrogens is 365 g/mol. The highest BCUT2D eigenvalue weighted by Crippen LogP contribution is 2.21. The highest BCUT2D eigenvalue weighted by Gasteiger charge is 2.33. The first-order valence-electron chi connectivity index (χ1n) is 8.22. The largest absolute Gasteiger partial charge is 0.338 e. The van der Waals surface area contributed by atoms with E-state index in [4.69, 9.17) is 11.6 Å². The van der Waals surface area contributed by atoms with Crippen molar-refractivity contribution in [3.63, 3.8) is 0 Å². The minimum Gasteiger partial charge on any atom is -0.338 e. The molecule has 0 radical (unpaired) electrons. The van der Waals surface area contributed by atoms with Crippen LogP contribution in [0.5, 0.6) is 0 Å². The molecule has 0 bridgehead atoms. The van der Waals surface area contributed by atoms with E-state index < -0.39 is 11.7 Å². The lowest BCUT2D eigenvalue weighted by molar-refractivity contribution is -0.146. The average Bonchev–Trinajstić information content (AvgIpc) is 2.93. The van der Waals surface area contributed by atoms with Gasteiger partial charge in [0.2, 0.25) is 17.7 Å². The fraction of sp³-hybridized carbons (Fsp3) is 0.412. The minimum atomic E-state index is -0.688. The van der Waals surface area contributed by atoms with Gasteiger partial charge in [-0.2, -0.15) is 0 Å². The Bertz CT molecular complexity index is 741. The summed E-state index contributed by atoms with van der Waals surface area (Å²) in [5.41, 5.74) is -0.179. The van der Waals surface area contributed by atoms with Gasteiger partial charge in [-0.25, -0.2) is 4.39 Å². The van der Waals surface area contributed by atoms with Crippen molar-refractivity contribution in [2.24, 2.45) is 0 Å². The van der Waals surface area contributed by atoms with Crippen molar-refractivity contribution in [2.75, 3.05) is 32.7 Å². The molecule has 1 aromatic rings. The predicted octanol–water partition coefficient (Wildman–Crippen LogP) is 0.912. The summed E-state index contributed by atoms with van der Waals surface area (Å²) in [6.07, 6.45) is 0.273. The third-order valence-corrected chi connectivity index (χ3v) is 4.86. The van der Waals surface area contributed by atoms with Gasteiger partial charge in [-0.3, -0.25) is 24.1 Å². The first kappa shape index (κ1) is 18.3. The Hall–Kier alpha value is -2.48. The summed E-state index contributed by atoms with van der Waals surface area (Å²) in [4.78, 5) is 51.9. The topological polar surface area (TPSA) is 78.0 Å². The van der Waals surface area contributed by atoms with Crippen molar-refractivity contribution in [1.29, 1.82) is 0 Å². The zero-order valence-electron chi connectivity index (χ0n) is 13.9. The molecule has 2 aliphatic heterocycles. The van der Waals surface area contributed by atoms with Crippen LogP contribution in [-0.2, 0) is 14.4 Å². The van der Waals surface area contributed by atoms with E-state index in [1.807, 2.05) is 0 Å². The van der Waals surface area contributed by atoms with Crippen LogP contribution >= 0.6 is 11.6 Å². The predicted molar refractivity (Wildman–Crippen MR) is 89.8 cm³/mol. The number of nitrogens with zero attached hydrogens (tertiary/aromatic N) is 3. The van der Waals surface area contributed by atoms with Crippen LogP contribution in [0.3, 0.4) is 0 Å². The number of amides is 4. The van der Waals surface area contributed by atoms with Crippen molar-refractivity contribution in [2.45, 2.75) is 12.8 Å². The number of imide groups is 1. The maximum absolute atomic E-state index is 13.9. The van der Waals surface area contributed by atoms with Crippen LogP contribution in [0.25, 0.3) is 0 Å². The fourth-order valence-corrected chi connectivity index (χ4v) is 3.30. The van der Waals surface area contributed by atoms with Gasteiger partial charge in [0.15, 0.2) is 0 Å². The van der Waals surface area contributed by atoms with Crippen molar-refractivity contribution in [3.05, 3.63) is 34.6 Å². The Morgan fingerprint density at radius 2 is 1.58 bits per heavy atom. The van der Waals surface area contributed by atoms with Gasteiger partial charge in [0.05, 0.1) is 10.6 Å². The van der Waals surface area contributed by atoms with Gasteiger partial charge >= 0.3 is 0 Å². The molecule has 0 aromatic heterocycles. The molecule has 2 saturated heterocycles. The molecule has 0 aliphatic carbocycles. The number of benzene rings is 1. The molecule has 7 nitrogen and oxygen atoms in total. The van der Waals surface area contributed by atoms with E-state index in [1.54, 1.807) is 0 Å². The molecule has 26 heavy (non-hydrogen) atoms. The van der Waals surface area contributed by atoms with E-state index in [0.717, 1.165) is 4.90 Å². The number of hydrogen-bond acceptors (Lipinski definition) is 4. The van der Waals surface area contributed by atoms with Gasteiger partial charge in [0.25, 0.3) is 5.91 Å². The SMILES string of the molecule is O=C(CN1C(=O)CCC1=O)N1CCN(C(=O)c2c(F)cccc2Cl)CC1. The molecule has 0 atom stereocenters. The van der Waals surface area contributed by atoms with E-state index in [1.165, 1.54) is 28.0 Å². The molecular formula is C17H17ClFN3O4. The van der Waals surface area contributed by atoms with E-state index in [2.05, 4.69) is 0 Å². The molecule has 0 spiro atoms. The second-order valence-electron chi connectivity index (χ2n) is 6.14. The molecule has 1 aromatic carbocycles. The van der Waals surface area contributed by atoms with Crippen LogP contribution in [0.2, 0.25) is 5.02 Å². The van der Waals surface area contributed by atoms with Gasteiger partial charge < -0.3 is 9.80 Å². The first-order valence-corrected chi connectivity index (χ1v) is 8.60. The number of likely N-dealkylation sites (tertiary alicyclic amines) is 1. The van der Waals surface area contributed by atoms with Gasteiger partial charge in [0.1, 0.15) is 12.4 Å². The summed E-state index contributed by atoms with van der Waals surface area (Å²) < 4.78 is 13.9. The number of carbonyl (C=O) groups excluding carboxylic acids is 4. The molecule has 4 amide bonds. The molecule has 9 heteroatoms. The molecule has 0 N–H and O–H groups in total. The second kappa shape index (κ2) is 7.41. The molecule has 2 fully saturated rings. The zero-order chi connectivity index (χ0) is 18.8. The highest BCUT2D eigenvalue weighted by molar-refractivity contribution is 6.33. The minimum absolute atomic E-state index is 0.0413. The van der Waals surface area contributed by atoms with Crippen molar-refractivity contribution >= 4 is 35.2 Å².